The first-order valence-corrected chi connectivity index (χ1v) is 9.22. The molecule has 1 fully saturated rings. The molecule has 0 unspecified atom stereocenters. The molecule has 142 valence electrons. The van der Waals surface area contributed by atoms with Crippen molar-refractivity contribution < 1.29 is 4.79 Å². The van der Waals surface area contributed by atoms with Gasteiger partial charge in [0.2, 0.25) is 0 Å². The second-order valence-electron chi connectivity index (χ2n) is 6.93. The number of piperidine rings is 1. The van der Waals surface area contributed by atoms with Crippen LogP contribution in [-0.2, 0) is 0 Å². The average Bonchev–Trinajstić information content (AvgIpc) is 2.98. The largest absolute Gasteiger partial charge is 0.339 e. The van der Waals surface area contributed by atoms with Crippen LogP contribution in [0.5, 0.6) is 0 Å². The van der Waals surface area contributed by atoms with E-state index < -0.39 is 0 Å². The smallest absolute Gasteiger partial charge is 0.253 e. The number of nitrogens with zero attached hydrogens (tertiary/aromatic N) is 3. The molecule has 0 spiro atoms. The zero-order valence-corrected chi connectivity index (χ0v) is 16.7. The van der Waals surface area contributed by atoms with Crippen molar-refractivity contribution in [1.82, 2.24) is 20.0 Å². The summed E-state index contributed by atoms with van der Waals surface area (Å²) in [5, 5.41) is 7.90. The fourth-order valence-electron chi connectivity index (χ4n) is 3.51. The molecular formula is C20H29ClN4O. The van der Waals surface area contributed by atoms with Gasteiger partial charge in [-0.25, -0.2) is 4.68 Å². The fourth-order valence-corrected chi connectivity index (χ4v) is 3.51. The van der Waals surface area contributed by atoms with E-state index in [1.54, 1.807) is 0 Å². The second-order valence-corrected chi connectivity index (χ2v) is 6.93. The molecule has 0 saturated carbocycles. The van der Waals surface area contributed by atoms with E-state index in [1.807, 2.05) is 47.7 Å². The Kier molecular flexibility index (Phi) is 7.23. The predicted octanol–water partition coefficient (Wildman–Crippen LogP) is 3.37. The predicted molar refractivity (Wildman–Crippen MR) is 107 cm³/mol. The van der Waals surface area contributed by atoms with E-state index in [4.69, 9.17) is 0 Å². The van der Waals surface area contributed by atoms with E-state index in [-0.39, 0.29) is 18.3 Å². The first-order valence-electron chi connectivity index (χ1n) is 9.22. The number of carbonyl (C=O) groups excluding carboxylic acids is 1. The first-order chi connectivity index (χ1) is 12.1. The van der Waals surface area contributed by atoms with Crippen LogP contribution in [-0.4, -0.2) is 46.8 Å². The number of benzene rings is 1. The van der Waals surface area contributed by atoms with Gasteiger partial charge in [-0.2, -0.15) is 5.10 Å². The highest BCUT2D eigenvalue weighted by atomic mass is 35.5. The van der Waals surface area contributed by atoms with E-state index in [1.165, 1.54) is 0 Å². The molecule has 1 aromatic carbocycles. The Labute approximate surface area is 162 Å². The zero-order chi connectivity index (χ0) is 17.8. The number of carbonyl (C=O) groups is 1. The van der Waals surface area contributed by atoms with Gasteiger partial charge in [-0.3, -0.25) is 4.79 Å². The third kappa shape index (κ3) is 4.65. The molecule has 1 aliphatic rings. The molecule has 0 aliphatic carbocycles. The van der Waals surface area contributed by atoms with Crippen LogP contribution >= 0.6 is 12.4 Å². The maximum atomic E-state index is 12.7. The van der Waals surface area contributed by atoms with E-state index in [9.17, 15) is 4.79 Å². The molecule has 5 nitrogen and oxygen atoms in total. The standard InChI is InChI=1S/C20H28N4O.ClH/c1-4-21-14-17-9-11-23(12-10-17)20(25)18-5-7-19(8-6-18)24-16(3)13-15(2)22-24;/h5-8,13,17,21H,4,9-12,14H2,1-3H3;1H. The minimum absolute atomic E-state index is 0. The third-order valence-electron chi connectivity index (χ3n) is 4.95. The quantitative estimate of drug-likeness (QED) is 0.870. The van der Waals surface area contributed by atoms with Gasteiger partial charge in [-0.05, 0) is 76.0 Å². The molecule has 0 atom stereocenters. The van der Waals surface area contributed by atoms with Gasteiger partial charge >= 0.3 is 0 Å². The Morgan fingerprint density at radius 1 is 1.19 bits per heavy atom. The molecule has 1 saturated heterocycles. The zero-order valence-electron chi connectivity index (χ0n) is 15.9. The Hall–Kier alpha value is -1.85. The van der Waals surface area contributed by atoms with Gasteiger partial charge in [-0.15, -0.1) is 12.4 Å². The monoisotopic (exact) mass is 376 g/mol. The molecule has 0 bridgehead atoms. The Bertz CT molecular complexity index is 718. The van der Waals surface area contributed by atoms with Gasteiger partial charge in [0.25, 0.3) is 5.91 Å². The molecule has 1 N–H and O–H groups in total. The van der Waals surface area contributed by atoms with Gasteiger partial charge in [0.15, 0.2) is 0 Å². The van der Waals surface area contributed by atoms with Crippen molar-refractivity contribution in [3.8, 4) is 5.69 Å². The third-order valence-corrected chi connectivity index (χ3v) is 4.95. The molecule has 1 aliphatic heterocycles. The van der Waals surface area contributed by atoms with Crippen molar-refractivity contribution >= 4 is 18.3 Å². The summed E-state index contributed by atoms with van der Waals surface area (Å²) >= 11 is 0. The lowest BCUT2D eigenvalue weighted by Crippen LogP contribution is -2.40. The molecule has 3 rings (SSSR count). The van der Waals surface area contributed by atoms with E-state index >= 15 is 0 Å². The molecule has 1 aromatic heterocycles. The lowest BCUT2D eigenvalue weighted by atomic mass is 9.96. The van der Waals surface area contributed by atoms with Gasteiger partial charge < -0.3 is 10.2 Å². The highest BCUT2D eigenvalue weighted by Crippen LogP contribution is 2.19. The van der Waals surface area contributed by atoms with Crippen molar-refractivity contribution in [3.05, 3.63) is 47.3 Å². The SMILES string of the molecule is CCNCC1CCN(C(=O)c2ccc(-n3nc(C)cc3C)cc2)CC1.Cl. The van der Waals surface area contributed by atoms with Crippen molar-refractivity contribution in [1.29, 1.82) is 0 Å². The Morgan fingerprint density at radius 2 is 1.85 bits per heavy atom. The summed E-state index contributed by atoms with van der Waals surface area (Å²) in [6, 6.07) is 9.84. The van der Waals surface area contributed by atoms with Crippen LogP contribution in [0, 0.1) is 19.8 Å². The number of likely N-dealkylation sites (tertiary alicyclic amines) is 1. The number of rotatable bonds is 5. The van der Waals surface area contributed by atoms with Gasteiger partial charge in [0.05, 0.1) is 11.4 Å². The number of hydrogen-bond donors (Lipinski definition) is 1. The van der Waals surface area contributed by atoms with E-state index in [0.717, 1.165) is 61.7 Å². The van der Waals surface area contributed by atoms with Crippen molar-refractivity contribution in [3.63, 3.8) is 0 Å². The summed E-state index contributed by atoms with van der Waals surface area (Å²) in [5.41, 5.74) is 3.85. The summed E-state index contributed by atoms with van der Waals surface area (Å²) in [6.45, 7) is 9.95. The molecule has 2 aromatic rings. The fraction of sp³-hybridized carbons (Fsp3) is 0.500. The average molecular weight is 377 g/mol. The summed E-state index contributed by atoms with van der Waals surface area (Å²) < 4.78 is 1.91. The van der Waals surface area contributed by atoms with Gasteiger partial charge in [-0.1, -0.05) is 6.92 Å². The Balaban J connectivity index is 0.00000243. The van der Waals surface area contributed by atoms with Crippen molar-refractivity contribution in [2.45, 2.75) is 33.6 Å². The molecule has 2 heterocycles. The maximum Gasteiger partial charge on any atom is 0.253 e. The molecular weight excluding hydrogens is 348 g/mol. The number of amides is 1. The number of aryl methyl sites for hydroxylation is 2. The van der Waals surface area contributed by atoms with Gasteiger partial charge in [0.1, 0.15) is 0 Å². The summed E-state index contributed by atoms with van der Waals surface area (Å²) in [7, 11) is 0. The number of nitrogens with one attached hydrogen (secondary N) is 1. The van der Waals surface area contributed by atoms with Crippen LogP contribution in [0.2, 0.25) is 0 Å². The van der Waals surface area contributed by atoms with Crippen LogP contribution in [0.3, 0.4) is 0 Å². The van der Waals surface area contributed by atoms with E-state index in [0.29, 0.717) is 5.92 Å². The summed E-state index contributed by atoms with van der Waals surface area (Å²) in [5.74, 6) is 0.833. The second kappa shape index (κ2) is 9.19. The normalized spacial score (nSPS) is 15.0. The number of aromatic nitrogens is 2. The minimum atomic E-state index is 0. The lowest BCUT2D eigenvalue weighted by Gasteiger charge is -2.32. The van der Waals surface area contributed by atoms with Crippen LogP contribution in [0.4, 0.5) is 0 Å². The van der Waals surface area contributed by atoms with Crippen LogP contribution < -0.4 is 5.32 Å². The topological polar surface area (TPSA) is 50.2 Å². The molecule has 26 heavy (non-hydrogen) atoms. The highest BCUT2D eigenvalue weighted by molar-refractivity contribution is 5.94. The highest BCUT2D eigenvalue weighted by Gasteiger charge is 2.23. The van der Waals surface area contributed by atoms with Gasteiger partial charge in [0, 0.05) is 24.3 Å². The number of halogens is 1. The first kappa shape index (κ1) is 20.5. The summed E-state index contributed by atoms with van der Waals surface area (Å²) in [4.78, 5) is 14.7. The maximum absolute atomic E-state index is 12.7. The number of hydrogen-bond acceptors (Lipinski definition) is 3. The van der Waals surface area contributed by atoms with Crippen molar-refractivity contribution in [2.75, 3.05) is 26.2 Å². The molecule has 0 radical (unpaired) electrons. The van der Waals surface area contributed by atoms with E-state index in [2.05, 4.69) is 23.4 Å². The lowest BCUT2D eigenvalue weighted by molar-refractivity contribution is 0.0690. The van der Waals surface area contributed by atoms with Crippen molar-refractivity contribution in [2.24, 2.45) is 5.92 Å². The van der Waals surface area contributed by atoms with Crippen LogP contribution in [0.25, 0.3) is 5.69 Å². The Morgan fingerprint density at radius 3 is 2.38 bits per heavy atom. The van der Waals surface area contributed by atoms with Crippen LogP contribution in [0.15, 0.2) is 30.3 Å². The minimum Gasteiger partial charge on any atom is -0.339 e. The molecule has 6 heteroatoms. The van der Waals surface area contributed by atoms with Crippen LogP contribution in [0.1, 0.15) is 41.5 Å². The molecule has 1 amide bonds. The summed E-state index contributed by atoms with van der Waals surface area (Å²) in [6.07, 6.45) is 2.17.